The fourth-order valence-electron chi connectivity index (χ4n) is 5.92. The number of carboxylic acid groups (broad SMARTS) is 1. The minimum Gasteiger partial charge on any atom is -0.478 e. The van der Waals surface area contributed by atoms with Crippen molar-refractivity contribution in [3.63, 3.8) is 0 Å². The van der Waals surface area contributed by atoms with Crippen molar-refractivity contribution in [3.05, 3.63) is 65.0 Å². The number of nitrogens with zero attached hydrogens (tertiary/aromatic N) is 2. The topological polar surface area (TPSA) is 131 Å². The average Bonchev–Trinajstić information content (AvgIpc) is 3.67. The van der Waals surface area contributed by atoms with Crippen LogP contribution < -0.4 is 14.8 Å². The Kier molecular flexibility index (Phi) is 8.26. The van der Waals surface area contributed by atoms with Crippen molar-refractivity contribution in [1.82, 2.24) is 15.3 Å². The van der Waals surface area contributed by atoms with Gasteiger partial charge in [-0.05, 0) is 98.7 Å². The maximum atomic E-state index is 14.1. The molecular weight excluding hydrogens is 559 g/mol. The van der Waals surface area contributed by atoms with Gasteiger partial charge in [-0.2, -0.15) is 4.98 Å². The number of halogens is 1. The molecule has 0 radical (unpaired) electrons. The third kappa shape index (κ3) is 6.90. The number of carboxylic acids is 1. The molecule has 2 saturated carbocycles. The first-order valence-corrected chi connectivity index (χ1v) is 15.7. The van der Waals surface area contributed by atoms with Crippen molar-refractivity contribution in [1.29, 1.82) is 0 Å². The van der Waals surface area contributed by atoms with Crippen LogP contribution in [0, 0.1) is 31.0 Å². The van der Waals surface area contributed by atoms with E-state index in [0.717, 1.165) is 12.5 Å². The van der Waals surface area contributed by atoms with Gasteiger partial charge in [0.2, 0.25) is 11.8 Å². The van der Waals surface area contributed by atoms with Crippen LogP contribution in [0.5, 0.6) is 5.88 Å². The molecule has 1 heterocycles. The zero-order valence-corrected chi connectivity index (χ0v) is 25.1. The maximum Gasteiger partial charge on any atom is 0.335 e. The number of anilines is 1. The predicted octanol–water partition coefficient (Wildman–Crippen LogP) is 5.72. The van der Waals surface area contributed by atoms with Crippen molar-refractivity contribution in [2.75, 3.05) is 11.3 Å². The van der Waals surface area contributed by atoms with E-state index in [9.17, 15) is 22.7 Å². The fourth-order valence-corrected chi connectivity index (χ4v) is 6.91. The van der Waals surface area contributed by atoms with Gasteiger partial charge in [0.05, 0.1) is 16.2 Å². The number of nitrogens with one attached hydrogen (secondary N) is 2. The average molecular weight is 597 g/mol. The lowest BCUT2D eigenvalue weighted by Crippen LogP contribution is -2.49. The summed E-state index contributed by atoms with van der Waals surface area (Å²) >= 11 is 0. The normalized spacial score (nSPS) is 16.7. The lowest BCUT2D eigenvalue weighted by molar-refractivity contribution is 0.0696. The van der Waals surface area contributed by atoms with E-state index in [1.165, 1.54) is 56.0 Å². The van der Waals surface area contributed by atoms with Gasteiger partial charge in [-0.3, -0.25) is 0 Å². The molecule has 3 aromatic rings. The maximum absolute atomic E-state index is 14.1. The Hall–Kier alpha value is -3.57. The number of hydrogen-bond acceptors (Lipinski definition) is 7. The quantitative estimate of drug-likeness (QED) is 0.242. The van der Waals surface area contributed by atoms with E-state index in [2.05, 4.69) is 33.9 Å². The summed E-state index contributed by atoms with van der Waals surface area (Å²) in [5, 5.41) is 13.0. The molecule has 0 aliphatic heterocycles. The summed E-state index contributed by atoms with van der Waals surface area (Å²) in [6.07, 6.45) is 5.93. The minimum absolute atomic E-state index is 0.0812. The second-order valence-corrected chi connectivity index (χ2v) is 13.9. The predicted molar refractivity (Wildman–Crippen MR) is 158 cm³/mol. The molecule has 1 unspecified atom stereocenters. The fraction of sp³-hybridized carbons (Fsp3) is 0.452. The van der Waals surface area contributed by atoms with E-state index in [4.69, 9.17) is 4.74 Å². The standard InChI is InChI=1S/C31H37FN4O5S/c1-18(2)10-23(33-24-15-31(16-24)8-9-31)17-41-27-14-26(28-19(3)11-22(32)12-20(28)4)34-30(35-27)36-42(39,40)25-7-5-6-21(13-25)29(37)38/h5-7,11-14,18,23-24,33H,8-10,15-17H2,1-4H3,(H,37,38)(H,34,35,36). The summed E-state index contributed by atoms with van der Waals surface area (Å²) < 4.78 is 49.1. The van der Waals surface area contributed by atoms with Gasteiger partial charge in [-0.1, -0.05) is 19.9 Å². The molecule has 0 saturated heterocycles. The molecular formula is C31H37FN4O5S. The number of aromatic carboxylic acids is 1. The summed E-state index contributed by atoms with van der Waals surface area (Å²) in [6.45, 7) is 8.15. The highest BCUT2D eigenvalue weighted by Crippen LogP contribution is 2.60. The summed E-state index contributed by atoms with van der Waals surface area (Å²) in [5.74, 6) is -1.26. The molecule has 11 heteroatoms. The first-order valence-electron chi connectivity index (χ1n) is 14.2. The van der Waals surface area contributed by atoms with Crippen molar-refractivity contribution in [2.45, 2.75) is 76.8 Å². The van der Waals surface area contributed by atoms with E-state index < -0.39 is 16.0 Å². The Bertz CT molecular complexity index is 1580. The smallest absolute Gasteiger partial charge is 0.335 e. The Labute approximate surface area is 246 Å². The highest BCUT2D eigenvalue weighted by atomic mass is 32.2. The van der Waals surface area contributed by atoms with Crippen LogP contribution in [-0.2, 0) is 10.0 Å². The highest BCUT2D eigenvalue weighted by Gasteiger charge is 2.53. The van der Waals surface area contributed by atoms with Crippen molar-refractivity contribution in [3.8, 4) is 17.1 Å². The van der Waals surface area contributed by atoms with Crippen LogP contribution >= 0.6 is 0 Å². The van der Waals surface area contributed by atoms with Gasteiger partial charge in [0.15, 0.2) is 0 Å². The van der Waals surface area contributed by atoms with Crippen LogP contribution in [0.4, 0.5) is 10.3 Å². The number of aryl methyl sites for hydroxylation is 2. The molecule has 9 nitrogen and oxygen atoms in total. The second kappa shape index (κ2) is 11.6. The first kappa shape index (κ1) is 29.9. The first-order chi connectivity index (χ1) is 19.8. The monoisotopic (exact) mass is 596 g/mol. The van der Waals surface area contributed by atoms with Gasteiger partial charge >= 0.3 is 5.97 Å². The molecule has 2 aliphatic carbocycles. The van der Waals surface area contributed by atoms with Crippen LogP contribution in [0.1, 0.15) is 67.4 Å². The second-order valence-electron chi connectivity index (χ2n) is 12.2. The third-order valence-corrected chi connectivity index (χ3v) is 9.37. The molecule has 2 aromatic carbocycles. The molecule has 0 amide bonds. The van der Waals surface area contributed by atoms with Gasteiger partial charge in [0.1, 0.15) is 12.4 Å². The molecule has 1 aromatic heterocycles. The Morgan fingerprint density at radius 3 is 2.43 bits per heavy atom. The van der Waals surface area contributed by atoms with Crippen molar-refractivity contribution in [2.24, 2.45) is 11.3 Å². The Morgan fingerprint density at radius 1 is 1.12 bits per heavy atom. The molecule has 2 aliphatic rings. The van der Waals surface area contributed by atoms with Crippen LogP contribution in [0.3, 0.4) is 0 Å². The summed E-state index contributed by atoms with van der Waals surface area (Å²) in [4.78, 5) is 20.0. The Morgan fingerprint density at radius 2 is 1.81 bits per heavy atom. The van der Waals surface area contributed by atoms with Crippen molar-refractivity contribution < 1.29 is 27.4 Å². The van der Waals surface area contributed by atoms with Gasteiger partial charge in [-0.15, -0.1) is 0 Å². The van der Waals surface area contributed by atoms with Crippen LogP contribution in [0.25, 0.3) is 11.3 Å². The van der Waals surface area contributed by atoms with Gasteiger partial charge in [0, 0.05) is 23.7 Å². The van der Waals surface area contributed by atoms with E-state index in [1.54, 1.807) is 19.9 Å². The number of sulfonamides is 1. The Balaban J connectivity index is 1.44. The van der Waals surface area contributed by atoms with Crippen LogP contribution in [0.15, 0.2) is 47.4 Å². The number of benzene rings is 2. The summed E-state index contributed by atoms with van der Waals surface area (Å²) in [5.41, 5.74) is 2.66. The summed E-state index contributed by atoms with van der Waals surface area (Å²) in [7, 11) is -4.24. The van der Waals surface area contributed by atoms with Crippen molar-refractivity contribution >= 4 is 21.9 Å². The van der Waals surface area contributed by atoms with Crippen LogP contribution in [0.2, 0.25) is 0 Å². The minimum atomic E-state index is -4.24. The third-order valence-electron chi connectivity index (χ3n) is 8.05. The van der Waals surface area contributed by atoms with Gasteiger partial charge in [0.25, 0.3) is 10.0 Å². The molecule has 42 heavy (non-hydrogen) atoms. The zero-order valence-electron chi connectivity index (χ0n) is 24.3. The lowest BCUT2D eigenvalue weighted by Gasteiger charge is -2.39. The SMILES string of the molecule is Cc1cc(F)cc(C)c1-c1cc(OCC(CC(C)C)NC2CC3(CC3)C2)nc(NS(=O)(=O)c2cccc(C(=O)O)c2)n1. The van der Waals surface area contributed by atoms with Crippen LogP contribution in [-0.4, -0.2) is 48.2 Å². The highest BCUT2D eigenvalue weighted by molar-refractivity contribution is 7.92. The number of ether oxygens (including phenoxy) is 1. The van der Waals surface area contributed by atoms with E-state index >= 15 is 0 Å². The van der Waals surface area contributed by atoms with Gasteiger partial charge < -0.3 is 15.2 Å². The summed E-state index contributed by atoms with van der Waals surface area (Å²) in [6, 6.07) is 9.97. The molecule has 0 bridgehead atoms. The molecule has 1 atom stereocenters. The number of hydrogen-bond donors (Lipinski definition) is 3. The molecule has 1 spiro atoms. The zero-order chi connectivity index (χ0) is 30.2. The molecule has 5 rings (SSSR count). The number of aromatic nitrogens is 2. The number of carbonyl (C=O) groups is 1. The largest absolute Gasteiger partial charge is 0.478 e. The van der Waals surface area contributed by atoms with E-state index in [-0.39, 0.29) is 34.1 Å². The molecule has 3 N–H and O–H groups in total. The lowest BCUT2D eigenvalue weighted by atomic mass is 9.76. The van der Waals surface area contributed by atoms with Gasteiger partial charge in [-0.25, -0.2) is 27.3 Å². The number of rotatable bonds is 12. The van der Waals surface area contributed by atoms with E-state index in [1.807, 2.05) is 0 Å². The molecule has 2 fully saturated rings. The molecule has 224 valence electrons. The van der Waals surface area contributed by atoms with E-state index in [0.29, 0.717) is 46.4 Å².